The summed E-state index contributed by atoms with van der Waals surface area (Å²) in [5, 5.41) is 3.79. The minimum Gasteiger partial charge on any atom is -0.493 e. The Bertz CT molecular complexity index is 942. The lowest BCUT2D eigenvalue weighted by atomic mass is 10.0. The van der Waals surface area contributed by atoms with Crippen LogP contribution in [0.4, 0.5) is 0 Å². The number of hydrogen-bond acceptors (Lipinski definition) is 6. The Balaban J connectivity index is 2.42. The van der Waals surface area contributed by atoms with E-state index in [1.54, 1.807) is 30.3 Å². The van der Waals surface area contributed by atoms with Gasteiger partial charge in [-0.2, -0.15) is 0 Å². The molecular weight excluding hydrogens is 485 g/mol. The largest absolute Gasteiger partial charge is 0.493 e. The van der Waals surface area contributed by atoms with Gasteiger partial charge in [-0.15, -0.1) is 0 Å². The van der Waals surface area contributed by atoms with Crippen molar-refractivity contribution in [3.8, 4) is 11.5 Å². The summed E-state index contributed by atoms with van der Waals surface area (Å²) in [4.78, 5) is 16.9. The number of oxime groups is 1. The van der Waals surface area contributed by atoms with Gasteiger partial charge in [0.1, 0.15) is 18.2 Å². The van der Waals surface area contributed by atoms with E-state index in [4.69, 9.17) is 42.3 Å². The minimum absolute atomic E-state index is 0.0332. The van der Waals surface area contributed by atoms with Crippen LogP contribution in [0.3, 0.4) is 0 Å². The highest BCUT2D eigenvalue weighted by Gasteiger charge is 2.20. The molecule has 0 aliphatic rings. The summed E-state index contributed by atoms with van der Waals surface area (Å²) in [5.41, 5.74) is 1.96. The van der Waals surface area contributed by atoms with Crippen molar-refractivity contribution in [1.29, 1.82) is 0 Å². The van der Waals surface area contributed by atoms with E-state index in [9.17, 15) is 4.79 Å². The molecule has 0 saturated carbocycles. The molecule has 2 aromatic carbocycles. The molecule has 2 rings (SSSR count). The summed E-state index contributed by atoms with van der Waals surface area (Å²) in [7, 11) is 4.16. The van der Waals surface area contributed by atoms with Gasteiger partial charge < -0.3 is 19.0 Å². The highest BCUT2D eigenvalue weighted by molar-refractivity contribution is 9.10. The molecule has 0 unspecified atom stereocenters. The quantitative estimate of drug-likeness (QED) is 0.277. The smallest absolute Gasteiger partial charge is 0.360 e. The van der Waals surface area contributed by atoms with E-state index in [2.05, 4.69) is 21.1 Å². The molecule has 0 aliphatic heterocycles. The Morgan fingerprint density at radius 3 is 2.48 bits per heavy atom. The molecule has 0 spiro atoms. The Hall–Kier alpha value is -2.22. The third kappa shape index (κ3) is 5.88. The predicted molar refractivity (Wildman–Crippen MR) is 117 cm³/mol. The van der Waals surface area contributed by atoms with E-state index in [0.717, 1.165) is 0 Å². The maximum absolute atomic E-state index is 12.1. The molecule has 0 N–H and O–H groups in total. The number of methoxy groups -OCH3 is 2. The van der Waals surface area contributed by atoms with Crippen LogP contribution in [0, 0.1) is 0 Å². The van der Waals surface area contributed by atoms with Gasteiger partial charge in [-0.05, 0) is 45.3 Å². The SMILES string of the molecule is CO/N=C(/C(=O)OC)c1ccccc1COc1c(OC)ccc(C=C(Cl)Cl)c1Br. The van der Waals surface area contributed by atoms with Crippen LogP contribution in [-0.4, -0.2) is 33.0 Å². The average Bonchev–Trinajstić information content (AvgIpc) is 2.72. The lowest BCUT2D eigenvalue weighted by molar-refractivity contribution is -0.132. The van der Waals surface area contributed by atoms with Crippen LogP contribution in [0.1, 0.15) is 16.7 Å². The fraction of sp³-hybridized carbons (Fsp3) is 0.200. The third-order valence-electron chi connectivity index (χ3n) is 3.78. The van der Waals surface area contributed by atoms with Crippen molar-refractivity contribution < 1.29 is 23.8 Å². The van der Waals surface area contributed by atoms with Crippen molar-refractivity contribution in [2.45, 2.75) is 6.61 Å². The van der Waals surface area contributed by atoms with Crippen molar-refractivity contribution in [2.24, 2.45) is 5.16 Å². The van der Waals surface area contributed by atoms with Gasteiger partial charge in [-0.3, -0.25) is 0 Å². The molecule has 0 amide bonds. The van der Waals surface area contributed by atoms with Gasteiger partial charge in [0.05, 0.1) is 18.7 Å². The molecule has 0 bridgehead atoms. The molecule has 6 nitrogen and oxygen atoms in total. The van der Waals surface area contributed by atoms with Crippen molar-refractivity contribution in [3.63, 3.8) is 0 Å². The number of benzene rings is 2. The van der Waals surface area contributed by atoms with E-state index >= 15 is 0 Å². The topological polar surface area (TPSA) is 66.4 Å². The number of carbonyl (C=O) groups excluding carboxylic acids is 1. The molecule has 2 aromatic rings. The van der Waals surface area contributed by atoms with Gasteiger partial charge in [0.2, 0.25) is 0 Å². The molecule has 0 fully saturated rings. The van der Waals surface area contributed by atoms with Gasteiger partial charge in [0.25, 0.3) is 0 Å². The van der Waals surface area contributed by atoms with E-state index < -0.39 is 5.97 Å². The monoisotopic (exact) mass is 501 g/mol. The highest BCUT2D eigenvalue weighted by atomic mass is 79.9. The van der Waals surface area contributed by atoms with E-state index in [1.165, 1.54) is 21.3 Å². The molecule has 0 atom stereocenters. The van der Waals surface area contributed by atoms with Crippen LogP contribution >= 0.6 is 39.1 Å². The molecule has 0 saturated heterocycles. The summed E-state index contributed by atoms with van der Waals surface area (Å²) >= 11 is 15.1. The van der Waals surface area contributed by atoms with Crippen LogP contribution in [0.5, 0.6) is 11.5 Å². The summed E-state index contributed by atoms with van der Waals surface area (Å²) in [6.45, 7) is 0.118. The Kier molecular flexibility index (Phi) is 8.82. The fourth-order valence-corrected chi connectivity index (χ4v) is 3.28. The first kappa shape index (κ1) is 23.1. The zero-order valence-electron chi connectivity index (χ0n) is 15.9. The first-order chi connectivity index (χ1) is 13.9. The van der Waals surface area contributed by atoms with Crippen molar-refractivity contribution in [3.05, 3.63) is 62.1 Å². The standard InChI is InChI=1S/C20H18BrCl2NO5/c1-26-15-9-8-12(10-16(22)23)17(21)19(15)29-11-13-6-4-5-7-14(13)18(24-28-3)20(25)27-2/h4-10H,11H2,1-3H3/b24-18+. The van der Waals surface area contributed by atoms with E-state index in [0.29, 0.717) is 32.7 Å². The fourth-order valence-electron chi connectivity index (χ4n) is 2.49. The highest BCUT2D eigenvalue weighted by Crippen LogP contribution is 2.39. The van der Waals surface area contributed by atoms with E-state index in [1.807, 2.05) is 12.1 Å². The van der Waals surface area contributed by atoms with Gasteiger partial charge in [-0.1, -0.05) is 52.6 Å². The number of carbonyl (C=O) groups is 1. The third-order valence-corrected chi connectivity index (χ3v) is 4.82. The maximum Gasteiger partial charge on any atom is 0.360 e. The molecular formula is C20H18BrCl2NO5. The molecule has 9 heteroatoms. The van der Waals surface area contributed by atoms with Crippen LogP contribution in [0.25, 0.3) is 6.08 Å². The molecule has 0 heterocycles. The normalized spacial score (nSPS) is 10.9. The lowest BCUT2D eigenvalue weighted by Gasteiger charge is -2.16. The van der Waals surface area contributed by atoms with Gasteiger partial charge in [-0.25, -0.2) is 4.79 Å². The molecule has 0 radical (unpaired) electrons. The van der Waals surface area contributed by atoms with Crippen molar-refractivity contribution >= 4 is 56.9 Å². The number of rotatable bonds is 8. The minimum atomic E-state index is -0.623. The zero-order chi connectivity index (χ0) is 21.4. The van der Waals surface area contributed by atoms with Gasteiger partial charge >= 0.3 is 5.97 Å². The number of nitrogens with zero attached hydrogens (tertiary/aromatic N) is 1. The number of halogens is 3. The van der Waals surface area contributed by atoms with Crippen LogP contribution in [-0.2, 0) is 21.0 Å². The van der Waals surface area contributed by atoms with Crippen molar-refractivity contribution in [1.82, 2.24) is 0 Å². The first-order valence-corrected chi connectivity index (χ1v) is 9.77. The zero-order valence-corrected chi connectivity index (χ0v) is 19.0. The molecule has 29 heavy (non-hydrogen) atoms. The molecule has 0 aliphatic carbocycles. The van der Waals surface area contributed by atoms with Gasteiger partial charge in [0.15, 0.2) is 17.2 Å². The van der Waals surface area contributed by atoms with E-state index in [-0.39, 0.29) is 16.8 Å². The average molecular weight is 503 g/mol. The summed E-state index contributed by atoms with van der Waals surface area (Å²) < 4.78 is 16.9. The molecule has 154 valence electrons. The Morgan fingerprint density at radius 2 is 1.86 bits per heavy atom. The Labute approximate surface area is 187 Å². The van der Waals surface area contributed by atoms with Crippen LogP contribution in [0.15, 0.2) is 50.5 Å². The summed E-state index contributed by atoms with van der Waals surface area (Å²) in [6, 6.07) is 10.7. The summed E-state index contributed by atoms with van der Waals surface area (Å²) in [5.74, 6) is 0.340. The molecule has 0 aromatic heterocycles. The number of esters is 1. The van der Waals surface area contributed by atoms with Gasteiger partial charge in [0, 0.05) is 5.56 Å². The lowest BCUT2D eigenvalue weighted by Crippen LogP contribution is -2.19. The second-order valence-electron chi connectivity index (χ2n) is 5.49. The predicted octanol–water partition coefficient (Wildman–Crippen LogP) is 5.34. The number of ether oxygens (including phenoxy) is 3. The van der Waals surface area contributed by atoms with Crippen molar-refractivity contribution in [2.75, 3.05) is 21.3 Å². The van der Waals surface area contributed by atoms with Crippen LogP contribution in [0.2, 0.25) is 0 Å². The Morgan fingerprint density at radius 1 is 1.14 bits per heavy atom. The second kappa shape index (κ2) is 11.1. The maximum atomic E-state index is 12.1. The number of hydrogen-bond donors (Lipinski definition) is 0. The summed E-state index contributed by atoms with van der Waals surface area (Å²) in [6.07, 6.45) is 1.58. The first-order valence-electron chi connectivity index (χ1n) is 8.22. The second-order valence-corrected chi connectivity index (χ2v) is 7.29. The van der Waals surface area contributed by atoms with Crippen LogP contribution < -0.4 is 9.47 Å².